The molecule has 5 rings (SSSR count). The zero-order chi connectivity index (χ0) is 25.2. The molecule has 3 aromatic rings. The van der Waals surface area contributed by atoms with Crippen LogP contribution in [0.3, 0.4) is 0 Å². The minimum atomic E-state index is -0.403. The Morgan fingerprint density at radius 1 is 0.750 bits per heavy atom. The Hall–Kier alpha value is -4.13. The summed E-state index contributed by atoms with van der Waals surface area (Å²) in [4.78, 5) is 13.9. The Labute approximate surface area is 211 Å². The van der Waals surface area contributed by atoms with Gasteiger partial charge in [-0.15, -0.1) is 0 Å². The summed E-state index contributed by atoms with van der Waals surface area (Å²) in [7, 11) is 6.47. The first-order valence-electron chi connectivity index (χ1n) is 11.9. The third kappa shape index (κ3) is 4.11. The van der Waals surface area contributed by atoms with Crippen molar-refractivity contribution in [2.24, 2.45) is 0 Å². The highest BCUT2D eigenvalue weighted by atomic mass is 16.5. The fraction of sp³-hybridized carbons (Fsp3) is 0.276. The molecule has 3 aromatic carbocycles. The number of carbonyl (C=O) groups is 1. The van der Waals surface area contributed by atoms with Gasteiger partial charge in [0.15, 0.2) is 28.8 Å². The van der Waals surface area contributed by atoms with Gasteiger partial charge in [0.25, 0.3) is 0 Å². The van der Waals surface area contributed by atoms with Gasteiger partial charge >= 0.3 is 0 Å². The molecule has 2 N–H and O–H groups in total. The highest BCUT2D eigenvalue weighted by molar-refractivity contribution is 6.01. The van der Waals surface area contributed by atoms with Gasteiger partial charge in [-0.2, -0.15) is 0 Å². The molecule has 0 bridgehead atoms. The maximum atomic E-state index is 13.9. The van der Waals surface area contributed by atoms with E-state index in [-0.39, 0.29) is 11.7 Å². The van der Waals surface area contributed by atoms with E-state index in [1.165, 1.54) is 0 Å². The van der Waals surface area contributed by atoms with Gasteiger partial charge in [-0.1, -0.05) is 30.3 Å². The van der Waals surface area contributed by atoms with Gasteiger partial charge in [-0.25, -0.2) is 0 Å². The number of ether oxygens (including phenoxy) is 4. The third-order valence-electron chi connectivity index (χ3n) is 6.93. The molecule has 1 aliphatic heterocycles. The number of hydrogen-bond donors (Lipinski definition) is 2. The van der Waals surface area contributed by atoms with Crippen molar-refractivity contribution < 1.29 is 23.7 Å². The zero-order valence-electron chi connectivity index (χ0n) is 20.9. The highest BCUT2D eigenvalue weighted by Gasteiger charge is 2.37. The second-order valence-electron chi connectivity index (χ2n) is 8.87. The molecule has 1 aliphatic carbocycles. The van der Waals surface area contributed by atoms with E-state index in [9.17, 15) is 4.79 Å². The first-order chi connectivity index (χ1) is 17.6. The Kier molecular flexibility index (Phi) is 6.46. The summed E-state index contributed by atoms with van der Waals surface area (Å²) in [5.41, 5.74) is 5.34. The van der Waals surface area contributed by atoms with Crippen LogP contribution < -0.4 is 29.6 Å². The molecule has 0 saturated heterocycles. The molecule has 2 aliphatic rings. The van der Waals surface area contributed by atoms with E-state index < -0.39 is 6.04 Å². The number of allylic oxidation sites excluding steroid dienone is 1. The topological polar surface area (TPSA) is 78.1 Å². The molecule has 0 saturated carbocycles. The largest absolute Gasteiger partial charge is 0.493 e. The SMILES string of the molecule is COc1ccc([C@H]2CC(=O)C3=C(C2)Nc2ccccc2N[C@H]3c2cccc(OC)c2OC)cc1OC. The van der Waals surface area contributed by atoms with E-state index in [0.29, 0.717) is 35.8 Å². The molecule has 0 fully saturated rings. The predicted molar refractivity (Wildman–Crippen MR) is 140 cm³/mol. The maximum absolute atomic E-state index is 13.9. The number of rotatable bonds is 6. The lowest BCUT2D eigenvalue weighted by molar-refractivity contribution is -0.116. The predicted octanol–water partition coefficient (Wildman–Crippen LogP) is 5.70. The van der Waals surface area contributed by atoms with Crippen LogP contribution in [-0.2, 0) is 4.79 Å². The van der Waals surface area contributed by atoms with Crippen LogP contribution in [0.15, 0.2) is 71.9 Å². The minimum absolute atomic E-state index is 0.00155. The average Bonchev–Trinajstić information content (AvgIpc) is 3.08. The molecule has 0 unspecified atom stereocenters. The summed E-state index contributed by atoms with van der Waals surface area (Å²) < 4.78 is 22.2. The Morgan fingerprint density at radius 2 is 1.50 bits per heavy atom. The summed E-state index contributed by atoms with van der Waals surface area (Å²) >= 11 is 0. The number of benzene rings is 3. The number of anilines is 2. The van der Waals surface area contributed by atoms with Crippen molar-refractivity contribution in [1.29, 1.82) is 0 Å². The first kappa shape index (κ1) is 23.6. The number of methoxy groups -OCH3 is 4. The van der Waals surface area contributed by atoms with E-state index in [4.69, 9.17) is 18.9 Å². The summed E-state index contributed by atoms with van der Waals surface area (Å²) in [6.07, 6.45) is 1.06. The number of fused-ring (bicyclic) bond motifs is 1. The number of ketones is 1. The van der Waals surface area contributed by atoms with Gasteiger partial charge in [0.1, 0.15) is 0 Å². The molecule has 0 radical (unpaired) electrons. The summed E-state index contributed by atoms with van der Waals surface area (Å²) in [6, 6.07) is 19.2. The minimum Gasteiger partial charge on any atom is -0.493 e. The van der Waals surface area contributed by atoms with Gasteiger partial charge in [0.05, 0.1) is 45.9 Å². The molecular formula is C29H30N2O5. The molecule has 0 amide bonds. The fourth-order valence-corrected chi connectivity index (χ4v) is 5.21. The zero-order valence-corrected chi connectivity index (χ0v) is 20.9. The van der Waals surface area contributed by atoms with Gasteiger partial charge in [0.2, 0.25) is 0 Å². The lowest BCUT2D eigenvalue weighted by atomic mass is 9.78. The van der Waals surface area contributed by atoms with Crippen LogP contribution in [0.5, 0.6) is 23.0 Å². The van der Waals surface area contributed by atoms with Crippen molar-refractivity contribution >= 4 is 17.2 Å². The van der Waals surface area contributed by atoms with Crippen molar-refractivity contribution in [2.45, 2.75) is 24.8 Å². The second kappa shape index (κ2) is 9.85. The third-order valence-corrected chi connectivity index (χ3v) is 6.93. The van der Waals surface area contributed by atoms with E-state index in [1.807, 2.05) is 60.7 Å². The molecule has 7 heteroatoms. The average molecular weight is 487 g/mol. The van der Waals surface area contributed by atoms with Gasteiger partial charge in [-0.3, -0.25) is 4.79 Å². The molecule has 36 heavy (non-hydrogen) atoms. The smallest absolute Gasteiger partial charge is 0.166 e. The van der Waals surface area contributed by atoms with E-state index in [2.05, 4.69) is 10.6 Å². The Morgan fingerprint density at radius 3 is 2.22 bits per heavy atom. The monoisotopic (exact) mass is 486 g/mol. The molecule has 1 heterocycles. The van der Waals surface area contributed by atoms with Crippen LogP contribution in [-0.4, -0.2) is 34.2 Å². The molecule has 7 nitrogen and oxygen atoms in total. The summed E-state index contributed by atoms with van der Waals surface area (Å²) in [5, 5.41) is 7.18. The fourth-order valence-electron chi connectivity index (χ4n) is 5.21. The van der Waals surface area contributed by atoms with Crippen LogP contribution in [0, 0.1) is 0 Å². The number of para-hydroxylation sites is 3. The highest BCUT2D eigenvalue weighted by Crippen LogP contribution is 2.47. The normalized spacial score (nSPS) is 18.7. The van der Waals surface area contributed by atoms with Crippen molar-refractivity contribution in [2.75, 3.05) is 39.1 Å². The number of nitrogens with one attached hydrogen (secondary N) is 2. The van der Waals surface area contributed by atoms with Crippen molar-refractivity contribution in [3.05, 3.63) is 83.1 Å². The van der Waals surface area contributed by atoms with Crippen LogP contribution in [0.4, 0.5) is 11.4 Å². The number of carbonyl (C=O) groups excluding carboxylic acids is 1. The molecule has 0 spiro atoms. The van der Waals surface area contributed by atoms with Crippen LogP contribution in [0.25, 0.3) is 0 Å². The molecule has 2 atom stereocenters. The maximum Gasteiger partial charge on any atom is 0.166 e. The van der Waals surface area contributed by atoms with E-state index in [1.54, 1.807) is 28.4 Å². The second-order valence-corrected chi connectivity index (χ2v) is 8.87. The standard InChI is InChI=1S/C29H30N2O5/c1-33-24-13-12-17(16-26(24)35-3)18-14-22-27(23(32)15-18)28(31-21-10-6-5-9-20(21)30-22)19-8-7-11-25(34-2)29(19)36-4/h5-13,16,18,28,30-31H,14-15H2,1-4H3/t18-,28+/m1/s1. The van der Waals surface area contributed by atoms with Crippen molar-refractivity contribution in [1.82, 2.24) is 0 Å². The molecule has 0 aromatic heterocycles. The van der Waals surface area contributed by atoms with Crippen molar-refractivity contribution in [3.63, 3.8) is 0 Å². The lowest BCUT2D eigenvalue weighted by Crippen LogP contribution is -2.27. The number of hydrogen-bond acceptors (Lipinski definition) is 7. The summed E-state index contributed by atoms with van der Waals surface area (Å²) in [5.74, 6) is 2.64. The van der Waals surface area contributed by atoms with Gasteiger partial charge < -0.3 is 29.6 Å². The quantitative estimate of drug-likeness (QED) is 0.463. The van der Waals surface area contributed by atoms with Gasteiger partial charge in [0, 0.05) is 23.3 Å². The van der Waals surface area contributed by atoms with E-state index in [0.717, 1.165) is 33.8 Å². The Balaban J connectivity index is 1.62. The van der Waals surface area contributed by atoms with E-state index >= 15 is 0 Å². The molecule has 186 valence electrons. The van der Waals surface area contributed by atoms with Crippen molar-refractivity contribution in [3.8, 4) is 23.0 Å². The van der Waals surface area contributed by atoms with Crippen LogP contribution in [0.1, 0.15) is 35.9 Å². The summed E-state index contributed by atoms with van der Waals surface area (Å²) in [6.45, 7) is 0. The van der Waals surface area contributed by atoms with Gasteiger partial charge in [-0.05, 0) is 48.2 Å². The Bertz CT molecular complexity index is 1330. The first-order valence-corrected chi connectivity index (χ1v) is 11.9. The number of Topliss-reactive ketones (excluding diaryl/α,β-unsaturated/α-hetero) is 1. The lowest BCUT2D eigenvalue weighted by Gasteiger charge is -2.30. The molecular weight excluding hydrogens is 456 g/mol. The van der Waals surface area contributed by atoms with Crippen LogP contribution >= 0.6 is 0 Å². The van der Waals surface area contributed by atoms with Crippen LogP contribution in [0.2, 0.25) is 0 Å².